The van der Waals surface area contributed by atoms with Crippen LogP contribution in [-0.2, 0) is 11.8 Å². The van der Waals surface area contributed by atoms with Crippen LogP contribution in [0.4, 0.5) is 0 Å². The second-order valence-electron chi connectivity index (χ2n) is 7.23. The van der Waals surface area contributed by atoms with Crippen LogP contribution in [0.3, 0.4) is 0 Å². The van der Waals surface area contributed by atoms with E-state index in [-0.39, 0.29) is 16.9 Å². The average Bonchev–Trinajstić information content (AvgIpc) is 2.34. The molecule has 2 aliphatic carbocycles. The Kier molecular flexibility index (Phi) is 2.72. The predicted molar refractivity (Wildman–Crippen MR) is 76.3 cm³/mol. The monoisotopic (exact) mass is 260 g/mol. The molecule has 0 radical (unpaired) electrons. The lowest BCUT2D eigenvalue weighted by atomic mass is 9.49. The van der Waals surface area contributed by atoms with Crippen molar-refractivity contribution in [2.24, 2.45) is 11.3 Å². The van der Waals surface area contributed by atoms with E-state index in [9.17, 15) is 10.2 Å². The smallest absolute Gasteiger partial charge is 0.115 e. The number of fused-ring (bicyclic) bond motifs is 3. The van der Waals surface area contributed by atoms with Crippen LogP contribution in [0, 0.1) is 11.3 Å². The van der Waals surface area contributed by atoms with E-state index >= 15 is 0 Å². The van der Waals surface area contributed by atoms with Crippen molar-refractivity contribution >= 4 is 0 Å². The molecule has 2 heteroatoms. The number of rotatable bonds is 0. The Bertz CT molecular complexity index is 506. The highest BCUT2D eigenvalue weighted by atomic mass is 16.3. The van der Waals surface area contributed by atoms with Gasteiger partial charge >= 0.3 is 0 Å². The Labute approximate surface area is 115 Å². The van der Waals surface area contributed by atoms with Crippen molar-refractivity contribution in [3.05, 3.63) is 29.3 Å². The van der Waals surface area contributed by atoms with Gasteiger partial charge in [0.2, 0.25) is 0 Å². The quantitative estimate of drug-likeness (QED) is 0.750. The molecule has 2 N–H and O–H groups in total. The zero-order valence-corrected chi connectivity index (χ0v) is 12.1. The van der Waals surface area contributed by atoms with Gasteiger partial charge in [0.15, 0.2) is 0 Å². The maximum atomic E-state index is 10.3. The van der Waals surface area contributed by atoms with Crippen LogP contribution in [-0.4, -0.2) is 16.3 Å². The van der Waals surface area contributed by atoms with Gasteiger partial charge in [-0.15, -0.1) is 0 Å². The number of hydrogen-bond donors (Lipinski definition) is 2. The Hall–Kier alpha value is -1.02. The number of hydrogen-bond acceptors (Lipinski definition) is 2. The Balaban J connectivity index is 2.10. The minimum atomic E-state index is -0.191. The molecular weight excluding hydrogens is 236 g/mol. The number of aliphatic hydroxyl groups is 1. The molecule has 0 saturated heterocycles. The molecule has 3 unspecified atom stereocenters. The van der Waals surface area contributed by atoms with Crippen LogP contribution >= 0.6 is 0 Å². The summed E-state index contributed by atoms with van der Waals surface area (Å²) < 4.78 is 0. The summed E-state index contributed by atoms with van der Waals surface area (Å²) in [4.78, 5) is 0. The largest absolute Gasteiger partial charge is 0.508 e. The molecule has 104 valence electrons. The van der Waals surface area contributed by atoms with Gasteiger partial charge in [-0.1, -0.05) is 26.8 Å². The van der Waals surface area contributed by atoms with Crippen molar-refractivity contribution in [3.8, 4) is 5.75 Å². The molecule has 19 heavy (non-hydrogen) atoms. The number of phenolic OH excluding ortho intramolecular Hbond substituents is 1. The molecule has 0 aliphatic heterocycles. The fourth-order valence-electron chi connectivity index (χ4n) is 4.69. The minimum Gasteiger partial charge on any atom is -0.508 e. The Morgan fingerprint density at radius 1 is 1.16 bits per heavy atom. The highest BCUT2D eigenvalue weighted by Gasteiger charge is 2.53. The van der Waals surface area contributed by atoms with Crippen molar-refractivity contribution in [2.45, 2.75) is 58.0 Å². The predicted octanol–water partition coefficient (Wildman–Crippen LogP) is 3.39. The number of benzene rings is 1. The van der Waals surface area contributed by atoms with Gasteiger partial charge in [-0.2, -0.15) is 0 Å². The zero-order chi connectivity index (χ0) is 13.8. The van der Waals surface area contributed by atoms with Gasteiger partial charge < -0.3 is 10.2 Å². The standard InChI is InChI=1S/C17H24O2/c1-16(2)14-7-4-11-10-12(18)5-6-13(11)17(14,3)9-8-15(16)19/h5-6,10,14-15,18-19H,4,7-9H2,1-3H3. The summed E-state index contributed by atoms with van der Waals surface area (Å²) in [6.45, 7) is 6.77. The zero-order valence-electron chi connectivity index (χ0n) is 12.1. The lowest BCUT2D eigenvalue weighted by molar-refractivity contribution is -0.0731. The van der Waals surface area contributed by atoms with Gasteiger partial charge in [-0.25, -0.2) is 0 Å². The molecule has 0 spiro atoms. The van der Waals surface area contributed by atoms with E-state index in [1.807, 2.05) is 12.1 Å². The fraction of sp³-hybridized carbons (Fsp3) is 0.647. The molecule has 0 amide bonds. The number of phenols is 1. The summed E-state index contributed by atoms with van der Waals surface area (Å²) in [6.07, 6.45) is 3.85. The number of aromatic hydroxyl groups is 1. The molecule has 0 aromatic heterocycles. The Morgan fingerprint density at radius 2 is 1.89 bits per heavy atom. The molecule has 1 aromatic rings. The van der Waals surface area contributed by atoms with E-state index in [1.54, 1.807) is 0 Å². The molecule has 1 aromatic carbocycles. The van der Waals surface area contributed by atoms with Crippen LogP contribution in [0.15, 0.2) is 18.2 Å². The van der Waals surface area contributed by atoms with E-state index in [1.165, 1.54) is 11.1 Å². The van der Waals surface area contributed by atoms with Crippen molar-refractivity contribution < 1.29 is 10.2 Å². The van der Waals surface area contributed by atoms with Crippen LogP contribution in [0.5, 0.6) is 5.75 Å². The van der Waals surface area contributed by atoms with Crippen LogP contribution in [0.2, 0.25) is 0 Å². The van der Waals surface area contributed by atoms with Crippen LogP contribution in [0.25, 0.3) is 0 Å². The van der Waals surface area contributed by atoms with Gasteiger partial charge in [-0.05, 0) is 65.7 Å². The minimum absolute atomic E-state index is 0.0252. The summed E-state index contributed by atoms with van der Waals surface area (Å²) in [5.41, 5.74) is 2.81. The summed E-state index contributed by atoms with van der Waals surface area (Å²) in [5, 5.41) is 20.0. The average molecular weight is 260 g/mol. The lowest BCUT2D eigenvalue weighted by Crippen LogP contribution is -2.53. The first-order valence-electron chi connectivity index (χ1n) is 7.36. The van der Waals surface area contributed by atoms with Gasteiger partial charge in [0, 0.05) is 0 Å². The van der Waals surface area contributed by atoms with Crippen molar-refractivity contribution in [1.29, 1.82) is 0 Å². The van der Waals surface area contributed by atoms with E-state index in [0.29, 0.717) is 11.7 Å². The summed E-state index contributed by atoms with van der Waals surface area (Å²) in [7, 11) is 0. The second kappa shape index (κ2) is 3.99. The molecule has 3 atom stereocenters. The molecular formula is C17H24O2. The number of aliphatic hydroxyl groups excluding tert-OH is 1. The SMILES string of the molecule is CC12CCC(O)C(C)(C)C1CCc1cc(O)ccc12. The third-order valence-corrected chi connectivity index (χ3v) is 5.87. The first-order valence-corrected chi connectivity index (χ1v) is 7.36. The Morgan fingerprint density at radius 3 is 2.63 bits per heavy atom. The van der Waals surface area contributed by atoms with E-state index < -0.39 is 0 Å². The topological polar surface area (TPSA) is 40.5 Å². The van der Waals surface area contributed by atoms with Gasteiger partial charge in [0.1, 0.15) is 5.75 Å². The molecule has 2 nitrogen and oxygen atoms in total. The first-order chi connectivity index (χ1) is 8.85. The molecule has 1 fully saturated rings. The molecule has 0 heterocycles. The molecule has 3 rings (SSSR count). The molecule has 0 bridgehead atoms. The van der Waals surface area contributed by atoms with Crippen molar-refractivity contribution in [1.82, 2.24) is 0 Å². The van der Waals surface area contributed by atoms with Gasteiger partial charge in [-0.3, -0.25) is 0 Å². The maximum Gasteiger partial charge on any atom is 0.115 e. The van der Waals surface area contributed by atoms with Crippen molar-refractivity contribution in [3.63, 3.8) is 0 Å². The third-order valence-electron chi connectivity index (χ3n) is 5.87. The second-order valence-corrected chi connectivity index (χ2v) is 7.23. The van der Waals surface area contributed by atoms with E-state index in [0.717, 1.165) is 25.7 Å². The molecule has 2 aliphatic rings. The van der Waals surface area contributed by atoms with Crippen LogP contribution in [0.1, 0.15) is 51.2 Å². The van der Waals surface area contributed by atoms with Crippen molar-refractivity contribution in [2.75, 3.05) is 0 Å². The summed E-state index contributed by atoms with van der Waals surface area (Å²) in [6, 6.07) is 5.84. The summed E-state index contributed by atoms with van der Waals surface area (Å²) >= 11 is 0. The lowest BCUT2D eigenvalue weighted by Gasteiger charge is -2.56. The molecule has 1 saturated carbocycles. The highest BCUT2D eigenvalue weighted by Crippen LogP contribution is 2.57. The number of aryl methyl sites for hydroxylation is 1. The van der Waals surface area contributed by atoms with Crippen LogP contribution < -0.4 is 0 Å². The normalized spacial score (nSPS) is 36.4. The van der Waals surface area contributed by atoms with Gasteiger partial charge in [0.05, 0.1) is 6.10 Å². The van der Waals surface area contributed by atoms with E-state index in [2.05, 4.69) is 26.8 Å². The van der Waals surface area contributed by atoms with Gasteiger partial charge in [0.25, 0.3) is 0 Å². The third kappa shape index (κ3) is 1.73. The summed E-state index contributed by atoms with van der Waals surface area (Å²) in [5.74, 6) is 0.886. The first kappa shape index (κ1) is 13.0. The fourth-order valence-corrected chi connectivity index (χ4v) is 4.69. The van der Waals surface area contributed by atoms with E-state index in [4.69, 9.17) is 0 Å². The maximum absolute atomic E-state index is 10.3. The highest BCUT2D eigenvalue weighted by molar-refractivity contribution is 5.43.